The van der Waals surface area contributed by atoms with E-state index in [1.54, 1.807) is 0 Å². The molecule has 1 rings (SSSR count). The Bertz CT molecular complexity index is 108. The summed E-state index contributed by atoms with van der Waals surface area (Å²) >= 11 is 0. The van der Waals surface area contributed by atoms with Crippen LogP contribution in [0.3, 0.4) is 0 Å². The molecule has 0 bridgehead atoms. The molecule has 0 heterocycles. The van der Waals surface area contributed by atoms with Gasteiger partial charge in [0.1, 0.15) is 0 Å². The van der Waals surface area contributed by atoms with Crippen molar-refractivity contribution in [2.45, 2.75) is 21.3 Å². The molecule has 0 aliphatic carbocycles. The first-order chi connectivity index (χ1) is 5.41. The minimum atomic E-state index is 0. The van der Waals surface area contributed by atoms with Gasteiger partial charge in [0, 0.05) is 13.2 Å². The highest BCUT2D eigenvalue weighted by atomic mass is 16.5. The molecule has 0 aliphatic heterocycles. The van der Waals surface area contributed by atoms with Crippen LogP contribution in [0.5, 0.6) is 0 Å². The molecule has 70 valence electrons. The van der Waals surface area contributed by atoms with Gasteiger partial charge in [-0.3, -0.25) is 0 Å². The number of ether oxygens (including phenoxy) is 1. The summed E-state index contributed by atoms with van der Waals surface area (Å²) in [6.45, 7) is 5.67. The molecule has 0 spiro atoms. The van der Waals surface area contributed by atoms with Crippen LogP contribution in [0.25, 0.3) is 0 Å². The van der Waals surface area contributed by atoms with Gasteiger partial charge >= 0.3 is 0 Å². The van der Waals surface area contributed by atoms with E-state index in [-0.39, 0.29) is 7.43 Å². The maximum absolute atomic E-state index is 4.83. The quantitative estimate of drug-likeness (QED) is 0.658. The van der Waals surface area contributed by atoms with Gasteiger partial charge in [-0.05, 0) is 13.8 Å². The largest absolute Gasteiger partial charge is 0.382 e. The number of benzene rings is 1. The van der Waals surface area contributed by atoms with Crippen LogP contribution in [-0.2, 0) is 4.74 Å². The zero-order chi connectivity index (χ0) is 8.36. The van der Waals surface area contributed by atoms with E-state index in [2.05, 4.69) is 0 Å². The Balaban J connectivity index is 0. The molecule has 1 heteroatoms. The van der Waals surface area contributed by atoms with E-state index in [4.69, 9.17) is 4.74 Å². The maximum Gasteiger partial charge on any atom is 0.0437 e. The number of hydrogen-bond donors (Lipinski definition) is 0. The summed E-state index contributed by atoms with van der Waals surface area (Å²) in [6, 6.07) is 12.0. The topological polar surface area (TPSA) is 9.23 Å². The minimum absolute atomic E-state index is 0. The van der Waals surface area contributed by atoms with Crippen molar-refractivity contribution in [3.63, 3.8) is 0 Å². The molecule has 0 radical (unpaired) electrons. The lowest BCUT2D eigenvalue weighted by Crippen LogP contribution is -1.84. The lowest BCUT2D eigenvalue weighted by molar-refractivity contribution is 0.162. The first-order valence-electron chi connectivity index (χ1n) is 3.99. The van der Waals surface area contributed by atoms with Gasteiger partial charge in [-0.25, -0.2) is 0 Å². The lowest BCUT2D eigenvalue weighted by atomic mass is 10.4. The molecule has 1 aromatic carbocycles. The van der Waals surface area contributed by atoms with Gasteiger partial charge < -0.3 is 4.74 Å². The summed E-state index contributed by atoms with van der Waals surface area (Å²) < 4.78 is 4.83. The maximum atomic E-state index is 4.83. The molecular weight excluding hydrogens is 148 g/mol. The molecule has 12 heavy (non-hydrogen) atoms. The average molecular weight is 168 g/mol. The van der Waals surface area contributed by atoms with Crippen LogP contribution in [0.2, 0.25) is 0 Å². The van der Waals surface area contributed by atoms with Crippen LogP contribution in [0.4, 0.5) is 0 Å². The summed E-state index contributed by atoms with van der Waals surface area (Å²) in [4.78, 5) is 0. The molecule has 0 amide bonds. The van der Waals surface area contributed by atoms with Gasteiger partial charge in [-0.2, -0.15) is 0 Å². The second kappa shape index (κ2) is 12.8. The Morgan fingerprint density at radius 2 is 1.00 bits per heavy atom. The first-order valence-corrected chi connectivity index (χ1v) is 3.99. The van der Waals surface area contributed by atoms with Crippen molar-refractivity contribution in [3.8, 4) is 0 Å². The van der Waals surface area contributed by atoms with E-state index in [9.17, 15) is 0 Å². The molecule has 0 unspecified atom stereocenters. The van der Waals surface area contributed by atoms with E-state index in [1.165, 1.54) is 0 Å². The second-order valence-electron chi connectivity index (χ2n) is 1.94. The summed E-state index contributed by atoms with van der Waals surface area (Å²) in [6.07, 6.45) is 0. The third-order valence-electron chi connectivity index (χ3n) is 1.07. The molecule has 0 atom stereocenters. The fourth-order valence-corrected chi connectivity index (χ4v) is 0.589. The van der Waals surface area contributed by atoms with Crippen LogP contribution in [0.15, 0.2) is 36.4 Å². The predicted octanol–water partition coefficient (Wildman–Crippen LogP) is 3.37. The van der Waals surface area contributed by atoms with Gasteiger partial charge in [0.05, 0.1) is 0 Å². The monoisotopic (exact) mass is 168 g/mol. The summed E-state index contributed by atoms with van der Waals surface area (Å²) in [5, 5.41) is 0. The predicted molar refractivity (Wildman–Crippen MR) is 55.3 cm³/mol. The highest BCUT2D eigenvalue weighted by molar-refractivity contribution is 4.99. The second-order valence-corrected chi connectivity index (χ2v) is 1.94. The minimum Gasteiger partial charge on any atom is -0.382 e. The van der Waals surface area contributed by atoms with Crippen molar-refractivity contribution < 1.29 is 4.74 Å². The number of hydrogen-bond acceptors (Lipinski definition) is 1. The average Bonchev–Trinajstić information content (AvgIpc) is 2.10. The van der Waals surface area contributed by atoms with Crippen molar-refractivity contribution in [2.24, 2.45) is 0 Å². The Morgan fingerprint density at radius 3 is 1.08 bits per heavy atom. The van der Waals surface area contributed by atoms with Crippen molar-refractivity contribution in [2.75, 3.05) is 13.2 Å². The van der Waals surface area contributed by atoms with Crippen LogP contribution in [-0.4, -0.2) is 13.2 Å². The van der Waals surface area contributed by atoms with E-state index in [1.807, 2.05) is 50.2 Å². The highest BCUT2D eigenvalue weighted by Crippen LogP contribution is 1.79. The fourth-order valence-electron chi connectivity index (χ4n) is 0.589. The zero-order valence-corrected chi connectivity index (χ0v) is 7.29. The van der Waals surface area contributed by atoms with E-state index in [0.29, 0.717) is 0 Å². The molecule has 1 nitrogen and oxygen atoms in total. The Kier molecular flexibility index (Phi) is 14.7. The highest BCUT2D eigenvalue weighted by Gasteiger charge is 1.64. The van der Waals surface area contributed by atoms with Gasteiger partial charge in [0.15, 0.2) is 0 Å². The smallest absolute Gasteiger partial charge is 0.0437 e. The zero-order valence-electron chi connectivity index (χ0n) is 7.29. The van der Waals surface area contributed by atoms with Crippen LogP contribution < -0.4 is 0 Å². The molecule has 0 fully saturated rings. The molecule has 0 aromatic heterocycles. The third kappa shape index (κ3) is 11.9. The third-order valence-corrected chi connectivity index (χ3v) is 1.07. The molecule has 0 aliphatic rings. The van der Waals surface area contributed by atoms with Crippen LogP contribution in [0.1, 0.15) is 21.3 Å². The lowest BCUT2D eigenvalue weighted by Gasteiger charge is -1.86. The molecule has 0 saturated heterocycles. The van der Waals surface area contributed by atoms with Crippen LogP contribution in [0, 0.1) is 0 Å². The van der Waals surface area contributed by atoms with Crippen molar-refractivity contribution in [3.05, 3.63) is 36.4 Å². The Labute approximate surface area is 76.4 Å². The first kappa shape index (κ1) is 13.7. The molecular formula is C11H20O. The van der Waals surface area contributed by atoms with Gasteiger partial charge in [0.25, 0.3) is 0 Å². The van der Waals surface area contributed by atoms with Crippen molar-refractivity contribution in [1.29, 1.82) is 0 Å². The van der Waals surface area contributed by atoms with E-state index < -0.39 is 0 Å². The van der Waals surface area contributed by atoms with Gasteiger partial charge in [-0.15, -0.1) is 0 Å². The summed E-state index contributed by atoms with van der Waals surface area (Å²) in [7, 11) is 0. The summed E-state index contributed by atoms with van der Waals surface area (Å²) in [5.41, 5.74) is 0. The Morgan fingerprint density at radius 1 is 0.750 bits per heavy atom. The van der Waals surface area contributed by atoms with Crippen LogP contribution >= 0.6 is 0 Å². The summed E-state index contributed by atoms with van der Waals surface area (Å²) in [5.74, 6) is 0. The molecule has 0 N–H and O–H groups in total. The fraction of sp³-hybridized carbons (Fsp3) is 0.455. The molecule has 1 aromatic rings. The normalized spacial score (nSPS) is 7.50. The van der Waals surface area contributed by atoms with Crippen molar-refractivity contribution in [1.82, 2.24) is 0 Å². The molecule has 0 saturated carbocycles. The van der Waals surface area contributed by atoms with Gasteiger partial charge in [-0.1, -0.05) is 43.8 Å². The Hall–Kier alpha value is -0.820. The van der Waals surface area contributed by atoms with E-state index in [0.717, 1.165) is 13.2 Å². The standard InChI is InChI=1S/C6H6.C4H10O.CH4/c1-2-4-6-5-3-1;1-3-5-4-2;/h1-6H;3-4H2,1-2H3;1H4. The SMILES string of the molecule is C.CCOCC.c1ccccc1. The number of rotatable bonds is 2. The van der Waals surface area contributed by atoms with E-state index >= 15 is 0 Å². The van der Waals surface area contributed by atoms with Crippen molar-refractivity contribution >= 4 is 0 Å². The van der Waals surface area contributed by atoms with Gasteiger partial charge in [0.2, 0.25) is 0 Å².